The van der Waals surface area contributed by atoms with Crippen molar-refractivity contribution in [2.24, 2.45) is 0 Å². The molecule has 14 nitrogen and oxygen atoms in total. The van der Waals surface area contributed by atoms with E-state index in [-0.39, 0.29) is 18.9 Å². The van der Waals surface area contributed by atoms with Crippen LogP contribution < -0.4 is 5.32 Å². The summed E-state index contributed by atoms with van der Waals surface area (Å²) in [5.74, 6) is -0.217. The number of allylic oxidation sites excluding steroid dienone is 14. The highest BCUT2D eigenvalue weighted by Gasteiger charge is 2.51. The Balaban J connectivity index is 1.63. The molecule has 2 rings (SSSR count). The molecule has 2 aliphatic heterocycles. The van der Waals surface area contributed by atoms with Crippen LogP contribution in [0, 0.1) is 0 Å². The smallest absolute Gasteiger partial charge is 0.220 e. The first kappa shape index (κ1) is 89.3. The Bertz CT molecular complexity index is 1940. The molecule has 14 heteroatoms. The maximum Gasteiger partial charge on any atom is 0.220 e. The molecule has 12 atom stereocenters. The number of nitrogens with one attached hydrogen (secondary N) is 1. The minimum absolute atomic E-state index is 0.217. The van der Waals surface area contributed by atoms with Gasteiger partial charge in [0.2, 0.25) is 5.91 Å². The van der Waals surface area contributed by atoms with E-state index in [4.69, 9.17) is 18.9 Å². The Kier molecular flexibility index (Phi) is 60.9. The Morgan fingerprint density at radius 3 is 1.10 bits per heavy atom. The largest absolute Gasteiger partial charge is 0.394 e. The molecule has 558 valence electrons. The Labute approximate surface area is 586 Å². The SMILES string of the molecule is CC/C=C\C/C=C\C/C=C\C/C=C\C/C=C\C/C=C\C/C=C\CCCCCCCCCC(=O)NC(COC1OC(CO)C(OC2OC(CO)C(O)C(O)C2O)C(O)C1O)C(O)CCCCCCCCCCCCCCCCCCCCCCCCCCCCCCCCCCC. The molecule has 12 unspecified atom stereocenters. The molecule has 0 aromatic rings. The van der Waals surface area contributed by atoms with Crippen LogP contribution in [0.5, 0.6) is 0 Å². The van der Waals surface area contributed by atoms with Crippen molar-refractivity contribution < 1.29 is 64.6 Å². The van der Waals surface area contributed by atoms with Gasteiger partial charge in [-0.25, -0.2) is 0 Å². The van der Waals surface area contributed by atoms with E-state index in [2.05, 4.69) is 104 Å². The van der Waals surface area contributed by atoms with E-state index < -0.39 is 86.8 Å². The van der Waals surface area contributed by atoms with E-state index in [0.29, 0.717) is 12.8 Å². The molecule has 2 saturated heterocycles. The maximum atomic E-state index is 13.4. The lowest BCUT2D eigenvalue weighted by atomic mass is 9.97. The van der Waals surface area contributed by atoms with E-state index in [1.807, 2.05) is 0 Å². The van der Waals surface area contributed by atoms with Crippen molar-refractivity contribution in [3.63, 3.8) is 0 Å². The van der Waals surface area contributed by atoms with Crippen molar-refractivity contribution >= 4 is 5.91 Å². The molecular weight excluding hydrogens is 1210 g/mol. The summed E-state index contributed by atoms with van der Waals surface area (Å²) in [6.07, 6.45) is 74.7. The molecule has 0 aliphatic carbocycles. The molecule has 2 heterocycles. The normalized spacial score (nSPS) is 22.7. The fourth-order valence-corrected chi connectivity index (χ4v) is 12.9. The van der Waals surface area contributed by atoms with E-state index in [0.717, 1.165) is 109 Å². The summed E-state index contributed by atoms with van der Waals surface area (Å²) in [5.41, 5.74) is 0. The van der Waals surface area contributed by atoms with Crippen LogP contribution in [0.1, 0.15) is 335 Å². The summed E-state index contributed by atoms with van der Waals surface area (Å²) in [6.45, 7) is 2.78. The molecule has 0 saturated carbocycles. The summed E-state index contributed by atoms with van der Waals surface area (Å²) < 4.78 is 23.0. The van der Waals surface area contributed by atoms with Crippen LogP contribution in [0.4, 0.5) is 0 Å². The van der Waals surface area contributed by atoms with E-state index in [1.54, 1.807) is 0 Å². The molecule has 0 aromatic heterocycles. The number of aliphatic hydroxyl groups is 8. The lowest BCUT2D eigenvalue weighted by Gasteiger charge is -2.46. The average Bonchev–Trinajstić information content (AvgIpc) is 0.854. The van der Waals surface area contributed by atoms with Crippen LogP contribution in [-0.2, 0) is 23.7 Å². The minimum atomic E-state index is -1.79. The molecule has 0 radical (unpaired) electrons. The van der Waals surface area contributed by atoms with Gasteiger partial charge in [-0.2, -0.15) is 0 Å². The number of hydrogen-bond acceptors (Lipinski definition) is 13. The standard InChI is InChI=1S/C82H147NO13/c1-3-5-7-9-11-13-15-17-19-21-23-25-27-29-31-33-34-35-36-38-39-41-43-45-47-49-51-53-55-57-59-61-63-65-71(86)70(69-93-81-79(92)77(90)80(73(68-85)95-81)96-82-78(91)76(89)75(88)72(67-84)94-82)83-74(87)66-64-62-60-58-56-54-52-50-48-46-44-42-40-37-32-30-28-26-24-22-20-18-16-14-12-10-8-6-4-2/h6,8,12,14,18,20,24,26,30,32,40,42,46,48,70-73,75-82,84-86,88-92H,3-5,7,9-11,13,15-17,19,21-23,25,27-29,31,33-39,41,43-45,47,49-69H2,1-2H3,(H,83,87)/b8-6-,14-12-,20-18-,26-24-,32-30-,42-40-,48-46-. The summed E-state index contributed by atoms with van der Waals surface area (Å²) in [7, 11) is 0. The van der Waals surface area contributed by atoms with Gasteiger partial charge in [0.1, 0.15) is 48.8 Å². The second-order valence-corrected chi connectivity index (χ2v) is 27.8. The van der Waals surface area contributed by atoms with Gasteiger partial charge in [-0.1, -0.05) is 343 Å². The quantitative estimate of drug-likeness (QED) is 0.0204. The van der Waals surface area contributed by atoms with Crippen LogP contribution in [-0.4, -0.2) is 140 Å². The number of carbonyl (C=O) groups excluding carboxylic acids is 1. The molecule has 0 spiro atoms. The molecule has 96 heavy (non-hydrogen) atoms. The zero-order valence-electron chi connectivity index (χ0n) is 61.1. The molecule has 1 amide bonds. The third kappa shape index (κ3) is 48.1. The summed E-state index contributed by atoms with van der Waals surface area (Å²) in [4.78, 5) is 13.4. The number of ether oxygens (including phenoxy) is 4. The van der Waals surface area contributed by atoms with Crippen LogP contribution >= 0.6 is 0 Å². The van der Waals surface area contributed by atoms with Crippen molar-refractivity contribution in [3.05, 3.63) is 85.1 Å². The van der Waals surface area contributed by atoms with Crippen molar-refractivity contribution in [1.82, 2.24) is 5.32 Å². The molecule has 0 bridgehead atoms. The number of rotatable bonds is 66. The predicted molar refractivity (Wildman–Crippen MR) is 396 cm³/mol. The van der Waals surface area contributed by atoms with Crippen molar-refractivity contribution in [2.75, 3.05) is 19.8 Å². The first-order chi connectivity index (χ1) is 47.1. The van der Waals surface area contributed by atoms with Gasteiger partial charge in [-0.15, -0.1) is 0 Å². The van der Waals surface area contributed by atoms with E-state index in [1.165, 1.54) is 193 Å². The molecule has 2 fully saturated rings. The van der Waals surface area contributed by atoms with Crippen LogP contribution in [0.15, 0.2) is 85.1 Å². The Morgan fingerprint density at radius 1 is 0.385 bits per heavy atom. The fourth-order valence-electron chi connectivity index (χ4n) is 12.9. The predicted octanol–water partition coefficient (Wildman–Crippen LogP) is 17.9. The van der Waals surface area contributed by atoms with Gasteiger partial charge in [-0.05, 0) is 70.6 Å². The van der Waals surface area contributed by atoms with Crippen molar-refractivity contribution in [2.45, 2.75) is 408 Å². The van der Waals surface area contributed by atoms with Gasteiger partial charge in [-0.3, -0.25) is 4.79 Å². The monoisotopic (exact) mass is 1350 g/mol. The van der Waals surface area contributed by atoms with Crippen LogP contribution in [0.2, 0.25) is 0 Å². The summed E-state index contributed by atoms with van der Waals surface area (Å²) >= 11 is 0. The molecule has 2 aliphatic rings. The molecular formula is C82H147NO13. The third-order valence-electron chi connectivity index (χ3n) is 19.1. The highest BCUT2D eigenvalue weighted by atomic mass is 16.7. The topological polar surface area (TPSA) is 228 Å². The summed E-state index contributed by atoms with van der Waals surface area (Å²) in [5, 5.41) is 87.9. The highest BCUT2D eigenvalue weighted by molar-refractivity contribution is 5.76. The maximum absolute atomic E-state index is 13.4. The Morgan fingerprint density at radius 2 is 0.719 bits per heavy atom. The number of hydrogen-bond donors (Lipinski definition) is 9. The average molecular weight is 1360 g/mol. The number of unbranched alkanes of at least 4 members (excludes halogenated alkanes) is 39. The number of amides is 1. The van der Waals surface area contributed by atoms with Gasteiger partial charge < -0.3 is 65.1 Å². The first-order valence-electron chi connectivity index (χ1n) is 39.8. The van der Waals surface area contributed by atoms with Gasteiger partial charge in [0.25, 0.3) is 0 Å². The van der Waals surface area contributed by atoms with Crippen LogP contribution in [0.3, 0.4) is 0 Å². The van der Waals surface area contributed by atoms with E-state index in [9.17, 15) is 45.6 Å². The van der Waals surface area contributed by atoms with E-state index >= 15 is 0 Å². The van der Waals surface area contributed by atoms with Gasteiger partial charge >= 0.3 is 0 Å². The Hall–Kier alpha value is -2.83. The zero-order chi connectivity index (χ0) is 69.4. The van der Waals surface area contributed by atoms with Gasteiger partial charge in [0, 0.05) is 6.42 Å². The number of aliphatic hydroxyl groups excluding tert-OH is 8. The number of carbonyl (C=O) groups is 1. The minimum Gasteiger partial charge on any atom is -0.394 e. The molecule has 9 N–H and O–H groups in total. The van der Waals surface area contributed by atoms with Gasteiger partial charge in [0.05, 0.1) is 32.0 Å². The third-order valence-corrected chi connectivity index (χ3v) is 19.1. The lowest BCUT2D eigenvalue weighted by molar-refractivity contribution is -0.359. The van der Waals surface area contributed by atoms with Crippen molar-refractivity contribution in [1.29, 1.82) is 0 Å². The first-order valence-corrected chi connectivity index (χ1v) is 39.8. The fraction of sp³-hybridized carbons (Fsp3) is 0.817. The van der Waals surface area contributed by atoms with Gasteiger partial charge in [0.15, 0.2) is 12.6 Å². The second-order valence-electron chi connectivity index (χ2n) is 27.8. The molecule has 0 aromatic carbocycles. The summed E-state index contributed by atoms with van der Waals surface area (Å²) in [6, 6.07) is -0.843. The van der Waals surface area contributed by atoms with Crippen molar-refractivity contribution in [3.8, 4) is 0 Å². The lowest BCUT2D eigenvalue weighted by Crippen LogP contribution is -2.65. The van der Waals surface area contributed by atoms with Crippen LogP contribution in [0.25, 0.3) is 0 Å². The highest BCUT2D eigenvalue weighted by Crippen LogP contribution is 2.30. The second kappa shape index (κ2) is 65.5. The zero-order valence-corrected chi connectivity index (χ0v) is 61.1.